The van der Waals surface area contributed by atoms with E-state index in [2.05, 4.69) is 20.3 Å². The number of carbonyl (C=O) groups is 1. The van der Waals surface area contributed by atoms with Crippen molar-refractivity contribution in [3.63, 3.8) is 0 Å². The Kier molecular flexibility index (Phi) is 5.22. The molecule has 2 N–H and O–H groups in total. The number of thiazole rings is 1. The van der Waals surface area contributed by atoms with Gasteiger partial charge in [0.1, 0.15) is 0 Å². The van der Waals surface area contributed by atoms with Crippen LogP contribution in [-0.2, 0) is 4.79 Å². The maximum atomic E-state index is 12.7. The van der Waals surface area contributed by atoms with Gasteiger partial charge in [-0.25, -0.2) is 9.97 Å². The zero-order valence-corrected chi connectivity index (χ0v) is 16.3. The largest absolute Gasteiger partial charge is 0.333 e. The quantitative estimate of drug-likeness (QED) is 0.441. The second-order valence-electron chi connectivity index (χ2n) is 5.97. The first-order valence-electron chi connectivity index (χ1n) is 8.66. The maximum absolute atomic E-state index is 12.7. The fourth-order valence-electron chi connectivity index (χ4n) is 2.70. The first-order valence-corrected chi connectivity index (χ1v) is 10.4. The number of imidazole rings is 1. The number of aromatic amines is 1. The summed E-state index contributed by atoms with van der Waals surface area (Å²) in [5.41, 5.74) is 3.79. The summed E-state index contributed by atoms with van der Waals surface area (Å²) < 4.78 is 0. The molecule has 7 heteroatoms. The Morgan fingerprint density at radius 2 is 1.93 bits per heavy atom. The number of carbonyl (C=O) groups excluding carboxylic acids is 1. The van der Waals surface area contributed by atoms with E-state index in [1.54, 1.807) is 0 Å². The topological polar surface area (TPSA) is 70.7 Å². The Morgan fingerprint density at radius 1 is 1.15 bits per heavy atom. The minimum atomic E-state index is -0.241. The molecule has 1 amide bonds. The third kappa shape index (κ3) is 4.04. The molecule has 2 heterocycles. The van der Waals surface area contributed by atoms with Gasteiger partial charge in [-0.05, 0) is 18.6 Å². The van der Waals surface area contributed by atoms with Crippen LogP contribution in [0.5, 0.6) is 0 Å². The van der Waals surface area contributed by atoms with Crippen LogP contribution in [-0.4, -0.2) is 26.1 Å². The van der Waals surface area contributed by atoms with Crippen molar-refractivity contribution in [2.24, 2.45) is 0 Å². The number of anilines is 1. The summed E-state index contributed by atoms with van der Waals surface area (Å²) in [7, 11) is 0. The molecule has 0 saturated heterocycles. The molecular weight excluding hydrogens is 376 g/mol. The molecule has 0 aliphatic rings. The number of hydrogen-bond acceptors (Lipinski definition) is 5. The molecule has 0 unspecified atom stereocenters. The van der Waals surface area contributed by atoms with Crippen LogP contribution in [0.15, 0.2) is 65.1 Å². The number of para-hydroxylation sites is 2. The van der Waals surface area contributed by atoms with Crippen LogP contribution < -0.4 is 5.32 Å². The number of aromatic nitrogens is 3. The van der Waals surface area contributed by atoms with Gasteiger partial charge in [-0.3, -0.25) is 4.79 Å². The van der Waals surface area contributed by atoms with Gasteiger partial charge in [0.2, 0.25) is 5.91 Å². The van der Waals surface area contributed by atoms with Gasteiger partial charge in [0.05, 0.1) is 22.0 Å². The van der Waals surface area contributed by atoms with Crippen molar-refractivity contribution in [2.45, 2.75) is 23.8 Å². The van der Waals surface area contributed by atoms with E-state index in [9.17, 15) is 4.79 Å². The molecule has 1 atom stereocenters. The Morgan fingerprint density at radius 3 is 2.70 bits per heavy atom. The summed E-state index contributed by atoms with van der Waals surface area (Å²) in [4.78, 5) is 25.0. The molecule has 2 aromatic carbocycles. The molecule has 0 aliphatic carbocycles. The van der Waals surface area contributed by atoms with Crippen molar-refractivity contribution in [1.29, 1.82) is 0 Å². The van der Waals surface area contributed by atoms with Gasteiger partial charge in [0.15, 0.2) is 10.3 Å². The Balaban J connectivity index is 1.45. The molecular formula is C20H18N4OS2. The molecule has 5 nitrogen and oxygen atoms in total. The number of rotatable bonds is 6. The molecule has 2 aromatic heterocycles. The predicted molar refractivity (Wildman–Crippen MR) is 112 cm³/mol. The van der Waals surface area contributed by atoms with E-state index in [0.29, 0.717) is 11.6 Å². The second kappa shape index (κ2) is 7.94. The lowest BCUT2D eigenvalue weighted by Gasteiger charge is -2.11. The number of H-pyrrole nitrogens is 1. The Bertz CT molecular complexity index is 1020. The number of hydrogen-bond donors (Lipinski definition) is 2. The van der Waals surface area contributed by atoms with E-state index in [1.807, 2.05) is 66.9 Å². The van der Waals surface area contributed by atoms with Crippen molar-refractivity contribution in [2.75, 3.05) is 5.32 Å². The van der Waals surface area contributed by atoms with E-state index >= 15 is 0 Å². The highest BCUT2D eigenvalue weighted by atomic mass is 32.2. The smallest absolute Gasteiger partial charge is 0.239 e. The van der Waals surface area contributed by atoms with E-state index < -0.39 is 0 Å². The van der Waals surface area contributed by atoms with Crippen LogP contribution in [0.2, 0.25) is 0 Å². The van der Waals surface area contributed by atoms with E-state index in [-0.39, 0.29) is 11.2 Å². The van der Waals surface area contributed by atoms with Crippen molar-refractivity contribution < 1.29 is 4.79 Å². The number of thioether (sulfide) groups is 1. The fourth-order valence-corrected chi connectivity index (χ4v) is 4.35. The summed E-state index contributed by atoms with van der Waals surface area (Å²) in [5, 5.41) is 6.02. The lowest BCUT2D eigenvalue weighted by atomic mass is 10.2. The summed E-state index contributed by atoms with van der Waals surface area (Å²) >= 11 is 2.88. The average molecular weight is 395 g/mol. The Labute approximate surface area is 165 Å². The number of nitrogens with zero attached hydrogens (tertiary/aromatic N) is 2. The number of benzene rings is 2. The highest BCUT2D eigenvalue weighted by Gasteiger charge is 2.21. The van der Waals surface area contributed by atoms with Crippen LogP contribution in [0.1, 0.15) is 13.3 Å². The zero-order valence-electron chi connectivity index (χ0n) is 14.7. The summed E-state index contributed by atoms with van der Waals surface area (Å²) in [5.74, 6) is -0.0584. The number of amides is 1. The first-order chi connectivity index (χ1) is 13.2. The normalized spacial score (nSPS) is 12.2. The predicted octanol–water partition coefficient (Wildman–Crippen LogP) is 5.20. The van der Waals surface area contributed by atoms with E-state index in [0.717, 1.165) is 27.4 Å². The van der Waals surface area contributed by atoms with Crippen molar-refractivity contribution in [3.05, 3.63) is 60.0 Å². The van der Waals surface area contributed by atoms with E-state index in [1.165, 1.54) is 23.1 Å². The van der Waals surface area contributed by atoms with Crippen molar-refractivity contribution in [3.8, 4) is 11.3 Å². The third-order valence-corrected chi connectivity index (χ3v) is 6.09. The summed E-state index contributed by atoms with van der Waals surface area (Å²) in [6.45, 7) is 2.00. The standard InChI is InChI=1S/C20H18N4OS2/c1-2-17(27-20-21-14-10-6-7-11-15(14)22-20)18(25)24-19-23-16(12-26-19)13-8-4-3-5-9-13/h3-12,17H,2H2,1H3,(H,21,22)(H,23,24,25)/t17-/m1/s1. The van der Waals surface area contributed by atoms with Crippen LogP contribution in [0.25, 0.3) is 22.3 Å². The van der Waals surface area contributed by atoms with Gasteiger partial charge in [-0.2, -0.15) is 0 Å². The highest BCUT2D eigenvalue weighted by Crippen LogP contribution is 2.28. The molecule has 27 heavy (non-hydrogen) atoms. The first kappa shape index (κ1) is 17.8. The van der Waals surface area contributed by atoms with Crippen LogP contribution in [0, 0.1) is 0 Å². The lowest BCUT2D eigenvalue weighted by Crippen LogP contribution is -2.24. The maximum Gasteiger partial charge on any atom is 0.239 e. The fraction of sp³-hybridized carbons (Fsp3) is 0.150. The van der Waals surface area contributed by atoms with Crippen molar-refractivity contribution in [1.82, 2.24) is 15.0 Å². The monoisotopic (exact) mass is 394 g/mol. The third-order valence-electron chi connectivity index (χ3n) is 4.09. The molecule has 0 bridgehead atoms. The zero-order chi connectivity index (χ0) is 18.6. The number of fused-ring (bicyclic) bond motifs is 1. The van der Waals surface area contributed by atoms with Gasteiger partial charge in [-0.1, -0.05) is 61.2 Å². The lowest BCUT2D eigenvalue weighted by molar-refractivity contribution is -0.115. The SMILES string of the molecule is CC[C@@H](Sc1nc2ccccc2[nH]1)C(=O)Nc1nc(-c2ccccc2)cs1. The summed E-state index contributed by atoms with van der Waals surface area (Å²) in [6, 6.07) is 17.8. The summed E-state index contributed by atoms with van der Waals surface area (Å²) in [6.07, 6.45) is 0.699. The molecule has 0 aliphatic heterocycles. The van der Waals surface area contributed by atoms with Gasteiger partial charge in [-0.15, -0.1) is 11.3 Å². The van der Waals surface area contributed by atoms with Crippen LogP contribution in [0.3, 0.4) is 0 Å². The van der Waals surface area contributed by atoms with Crippen molar-refractivity contribution >= 4 is 45.2 Å². The van der Waals surface area contributed by atoms with Gasteiger partial charge < -0.3 is 10.3 Å². The van der Waals surface area contributed by atoms with Gasteiger partial charge >= 0.3 is 0 Å². The minimum absolute atomic E-state index is 0.0584. The minimum Gasteiger partial charge on any atom is -0.333 e. The van der Waals surface area contributed by atoms with Gasteiger partial charge in [0, 0.05) is 10.9 Å². The van der Waals surface area contributed by atoms with Crippen LogP contribution >= 0.6 is 23.1 Å². The molecule has 0 radical (unpaired) electrons. The average Bonchev–Trinajstić information content (AvgIpc) is 3.33. The second-order valence-corrected chi connectivity index (χ2v) is 8.02. The van der Waals surface area contributed by atoms with Crippen LogP contribution in [0.4, 0.5) is 5.13 Å². The molecule has 4 aromatic rings. The molecule has 0 fully saturated rings. The van der Waals surface area contributed by atoms with Gasteiger partial charge in [0.25, 0.3) is 0 Å². The molecule has 0 spiro atoms. The molecule has 0 saturated carbocycles. The molecule has 136 valence electrons. The van der Waals surface area contributed by atoms with E-state index in [4.69, 9.17) is 0 Å². The highest BCUT2D eigenvalue weighted by molar-refractivity contribution is 8.00. The Hall–Kier alpha value is -2.64. The number of nitrogens with one attached hydrogen (secondary N) is 2. The molecule has 4 rings (SSSR count).